The van der Waals surface area contributed by atoms with Gasteiger partial charge in [-0.05, 0) is 33.6 Å². The average Bonchev–Trinajstić information content (AvgIpc) is 2.65. The highest BCUT2D eigenvalue weighted by atomic mass is 28.4. The predicted molar refractivity (Wildman–Crippen MR) is 107 cm³/mol. The quantitative estimate of drug-likeness (QED) is 0.355. The lowest BCUT2D eigenvalue weighted by Crippen LogP contribution is -2.47. The first-order chi connectivity index (χ1) is 12.9. The van der Waals surface area contributed by atoms with Crippen LogP contribution in [0.15, 0.2) is 0 Å². The van der Waals surface area contributed by atoms with Gasteiger partial charge in [0.1, 0.15) is 0 Å². The van der Waals surface area contributed by atoms with Crippen molar-refractivity contribution >= 4 is 23.6 Å². The van der Waals surface area contributed by atoms with Crippen LogP contribution in [-0.2, 0) is 26.6 Å². The van der Waals surface area contributed by atoms with Gasteiger partial charge >= 0.3 is 23.6 Å². The summed E-state index contributed by atoms with van der Waals surface area (Å²) < 4.78 is 33.7. The zero-order valence-electron chi connectivity index (χ0n) is 17.7. The van der Waals surface area contributed by atoms with Crippen LogP contribution in [0, 0.1) is 0 Å². The number of amides is 2. The fourth-order valence-electron chi connectivity index (χ4n) is 2.86. The molecule has 0 aromatic rings. The minimum atomic E-state index is -2.71. The molecule has 0 aromatic heterocycles. The van der Waals surface area contributed by atoms with E-state index < -0.39 is 23.6 Å². The van der Waals surface area contributed by atoms with Crippen LogP contribution in [-0.4, -0.2) is 82.8 Å². The Morgan fingerprint density at radius 1 is 0.778 bits per heavy atom. The summed E-state index contributed by atoms with van der Waals surface area (Å²) in [6.45, 7) is 8.38. The van der Waals surface area contributed by atoms with Crippen LogP contribution in [0.1, 0.15) is 33.6 Å². The van der Waals surface area contributed by atoms with Gasteiger partial charge in [0, 0.05) is 66.3 Å². The maximum Gasteiger partial charge on any atom is 0.500 e. The molecule has 0 heterocycles. The highest BCUT2D eigenvalue weighted by Crippen LogP contribution is 2.19. The Hall–Kier alpha value is -0.536. The van der Waals surface area contributed by atoms with Gasteiger partial charge < -0.3 is 37.2 Å². The maximum atomic E-state index is 11.8. The molecule has 2 N–H and O–H groups in total. The fourth-order valence-corrected chi connectivity index (χ4v) is 7.16. The molecule has 0 rings (SSSR count). The predicted octanol–water partition coefficient (Wildman–Crippen LogP) is 2.07. The van der Waals surface area contributed by atoms with Crippen LogP contribution in [0.4, 0.5) is 4.79 Å². The monoisotopic (exact) mass is 426 g/mol. The number of carbonyl (C=O) groups excluding carboxylic acids is 1. The lowest BCUT2D eigenvalue weighted by molar-refractivity contribution is 0.0701. The largest absolute Gasteiger partial charge is 0.500 e. The van der Waals surface area contributed by atoms with E-state index in [0.717, 1.165) is 0 Å². The minimum absolute atomic E-state index is 0.453. The van der Waals surface area contributed by atoms with E-state index in [9.17, 15) is 4.79 Å². The third kappa shape index (κ3) is 9.48. The lowest BCUT2D eigenvalue weighted by atomic mass is 10.4. The summed E-state index contributed by atoms with van der Waals surface area (Å²) in [6.07, 6.45) is 1.37. The van der Waals surface area contributed by atoms with E-state index >= 15 is 0 Å². The molecule has 0 spiro atoms. The summed E-state index contributed by atoms with van der Waals surface area (Å²) in [6, 6.07) is 0.792. The Bertz CT molecular complexity index is 376. The molecule has 0 aromatic carbocycles. The van der Waals surface area contributed by atoms with Crippen molar-refractivity contribution in [3.05, 3.63) is 0 Å². The molecular weight excluding hydrogens is 388 g/mol. The van der Waals surface area contributed by atoms with E-state index in [1.54, 1.807) is 26.2 Å². The van der Waals surface area contributed by atoms with Crippen molar-refractivity contribution in [3.8, 4) is 0 Å². The maximum absolute atomic E-state index is 11.8. The van der Waals surface area contributed by atoms with Gasteiger partial charge in [0.25, 0.3) is 0 Å². The second-order valence-electron chi connectivity index (χ2n) is 5.81. The number of hydrogen-bond donors (Lipinski definition) is 1. The number of nitrogens with two attached hydrogens (primary N) is 1. The van der Waals surface area contributed by atoms with Gasteiger partial charge in [0.05, 0.1) is 0 Å². The van der Waals surface area contributed by atoms with Crippen molar-refractivity contribution < 1.29 is 31.4 Å². The third-order valence-electron chi connectivity index (χ3n) is 4.16. The molecule has 0 aliphatic rings. The number of rotatable bonds is 17. The Morgan fingerprint density at radius 3 is 1.44 bits per heavy atom. The van der Waals surface area contributed by atoms with Crippen molar-refractivity contribution in [2.45, 2.75) is 45.7 Å². The molecule has 0 radical (unpaired) electrons. The van der Waals surface area contributed by atoms with Crippen LogP contribution in [0.5, 0.6) is 0 Å². The van der Waals surface area contributed by atoms with E-state index in [0.29, 0.717) is 57.8 Å². The molecule has 0 unspecified atom stereocenters. The van der Waals surface area contributed by atoms with Gasteiger partial charge in [0.15, 0.2) is 0 Å². The zero-order valence-corrected chi connectivity index (χ0v) is 19.7. The second kappa shape index (κ2) is 14.5. The Morgan fingerprint density at radius 2 is 1.15 bits per heavy atom. The summed E-state index contributed by atoms with van der Waals surface area (Å²) in [4.78, 5) is 13.4. The number of nitrogens with zero attached hydrogens (tertiary/aromatic N) is 1. The summed E-state index contributed by atoms with van der Waals surface area (Å²) in [7, 11) is -0.630. The number of urea groups is 1. The van der Waals surface area contributed by atoms with Gasteiger partial charge in [-0.1, -0.05) is 0 Å². The first-order valence-electron chi connectivity index (χ1n) is 9.49. The molecule has 0 aliphatic carbocycles. The molecule has 11 heteroatoms. The standard InChI is InChI=1S/C16H38N2O7Si2/c1-7-23-27(24-8-2,25-9-3)15-11-13-18(16(17)19)12-10-14-26(20-4,21-5)22-6/h7-15H2,1-6H3,(H2,17,19). The second-order valence-corrected chi connectivity index (χ2v) is 11.6. The van der Waals surface area contributed by atoms with Crippen LogP contribution in [0.2, 0.25) is 12.1 Å². The molecule has 9 nitrogen and oxygen atoms in total. The lowest BCUT2D eigenvalue weighted by Gasteiger charge is -2.30. The van der Waals surface area contributed by atoms with E-state index in [1.165, 1.54) is 0 Å². The first kappa shape index (κ1) is 26.5. The summed E-state index contributed by atoms with van der Waals surface area (Å²) in [5.74, 6) is 0. The van der Waals surface area contributed by atoms with Gasteiger partial charge in [-0.3, -0.25) is 0 Å². The molecule has 0 bridgehead atoms. The van der Waals surface area contributed by atoms with E-state index in [1.807, 2.05) is 20.8 Å². The van der Waals surface area contributed by atoms with Crippen molar-refractivity contribution in [1.82, 2.24) is 4.90 Å². The SMILES string of the molecule is CCO[Si](CCCN(CCC[Si](OC)(OC)OC)C(N)=O)(OCC)OCC. The Labute approximate surface area is 166 Å². The molecule has 0 saturated carbocycles. The molecule has 0 fully saturated rings. The van der Waals surface area contributed by atoms with E-state index in [-0.39, 0.29) is 0 Å². The van der Waals surface area contributed by atoms with Crippen molar-refractivity contribution in [1.29, 1.82) is 0 Å². The number of carbonyl (C=O) groups is 1. The average molecular weight is 427 g/mol. The van der Waals surface area contributed by atoms with E-state index in [4.69, 9.17) is 32.3 Å². The molecule has 162 valence electrons. The summed E-state index contributed by atoms with van der Waals surface area (Å²) in [5, 5.41) is 0. The summed E-state index contributed by atoms with van der Waals surface area (Å²) in [5.41, 5.74) is 5.53. The number of hydrogen-bond acceptors (Lipinski definition) is 7. The normalized spacial score (nSPS) is 12.4. The van der Waals surface area contributed by atoms with Crippen LogP contribution < -0.4 is 5.73 Å². The molecule has 0 saturated heterocycles. The van der Waals surface area contributed by atoms with Crippen molar-refractivity contribution in [2.75, 3.05) is 54.2 Å². The molecule has 27 heavy (non-hydrogen) atoms. The minimum Gasteiger partial charge on any atom is -0.377 e. The highest BCUT2D eigenvalue weighted by molar-refractivity contribution is 6.61. The van der Waals surface area contributed by atoms with E-state index in [2.05, 4.69) is 0 Å². The molecule has 0 atom stereocenters. The molecule has 2 amide bonds. The van der Waals surface area contributed by atoms with Crippen LogP contribution in [0.25, 0.3) is 0 Å². The van der Waals surface area contributed by atoms with Gasteiger partial charge in [-0.15, -0.1) is 0 Å². The van der Waals surface area contributed by atoms with Gasteiger partial charge in [-0.25, -0.2) is 4.79 Å². The topological polar surface area (TPSA) is 102 Å². The van der Waals surface area contributed by atoms with Crippen LogP contribution in [0.3, 0.4) is 0 Å². The summed E-state index contributed by atoms with van der Waals surface area (Å²) >= 11 is 0. The van der Waals surface area contributed by atoms with Crippen LogP contribution >= 0.6 is 0 Å². The first-order valence-corrected chi connectivity index (χ1v) is 13.4. The highest BCUT2D eigenvalue weighted by Gasteiger charge is 2.40. The Balaban J connectivity index is 4.66. The van der Waals surface area contributed by atoms with Gasteiger partial charge in [0.2, 0.25) is 0 Å². The van der Waals surface area contributed by atoms with Crippen molar-refractivity contribution in [2.24, 2.45) is 5.73 Å². The fraction of sp³-hybridized carbons (Fsp3) is 0.938. The number of primary amides is 1. The molecule has 0 aliphatic heterocycles. The van der Waals surface area contributed by atoms with Crippen molar-refractivity contribution in [3.63, 3.8) is 0 Å². The van der Waals surface area contributed by atoms with Gasteiger partial charge in [-0.2, -0.15) is 0 Å². The third-order valence-corrected chi connectivity index (χ3v) is 10.1. The zero-order chi connectivity index (χ0) is 20.8. The Kier molecular flexibility index (Phi) is 14.2. The smallest absolute Gasteiger partial charge is 0.377 e. The molecular formula is C16H38N2O7Si2.